The van der Waals surface area contributed by atoms with Crippen molar-refractivity contribution < 1.29 is 22.4 Å². The maximum atomic E-state index is 13.1. The number of nitrogens with zero attached hydrogens (tertiary/aromatic N) is 7. The third kappa shape index (κ3) is 3.36. The average Bonchev–Trinajstić information content (AvgIpc) is 3.13. The van der Waals surface area contributed by atoms with Gasteiger partial charge in [-0.2, -0.15) is 17.9 Å². The molecular formula is C17H12ClF4N7O. The topological polar surface area (TPSA) is 89.7 Å². The number of rotatable bonds is 2. The van der Waals surface area contributed by atoms with Crippen molar-refractivity contribution in [2.75, 3.05) is 6.54 Å². The Morgan fingerprint density at radius 1 is 1.23 bits per heavy atom. The highest BCUT2D eigenvalue weighted by Crippen LogP contribution is 2.36. The van der Waals surface area contributed by atoms with E-state index >= 15 is 0 Å². The van der Waals surface area contributed by atoms with Gasteiger partial charge in [-0.15, -0.1) is 5.10 Å². The number of carbonyl (C=O) groups excluding carboxylic acids is 1. The van der Waals surface area contributed by atoms with Gasteiger partial charge >= 0.3 is 6.18 Å². The summed E-state index contributed by atoms with van der Waals surface area (Å²) in [7, 11) is 0. The first-order chi connectivity index (χ1) is 14.2. The molecule has 1 amide bonds. The first-order valence-electron chi connectivity index (χ1n) is 8.63. The molecule has 156 valence electrons. The van der Waals surface area contributed by atoms with Gasteiger partial charge in [-0.05, 0) is 13.0 Å². The van der Waals surface area contributed by atoms with Gasteiger partial charge in [0, 0.05) is 19.2 Å². The molecule has 0 bridgehead atoms. The lowest BCUT2D eigenvalue weighted by Crippen LogP contribution is -2.39. The van der Waals surface area contributed by atoms with Crippen LogP contribution >= 0.6 is 11.6 Å². The SMILES string of the molecule is CC1c2nnn(-c3ncc(F)cn3)c2CCN1C(=O)c1ccnc(C(F)(F)F)c1Cl. The minimum absolute atomic E-state index is 0.115. The minimum atomic E-state index is -4.79. The predicted octanol–water partition coefficient (Wildman–Crippen LogP) is 3.02. The average molecular weight is 442 g/mol. The second-order valence-corrected chi connectivity index (χ2v) is 6.86. The van der Waals surface area contributed by atoms with Crippen LogP contribution in [0.5, 0.6) is 0 Å². The van der Waals surface area contributed by atoms with Gasteiger partial charge in [-0.25, -0.2) is 14.4 Å². The van der Waals surface area contributed by atoms with Crippen LogP contribution in [-0.4, -0.2) is 47.3 Å². The fourth-order valence-electron chi connectivity index (χ4n) is 3.25. The Labute approximate surface area is 171 Å². The van der Waals surface area contributed by atoms with Crippen molar-refractivity contribution in [3.8, 4) is 5.95 Å². The molecule has 1 unspecified atom stereocenters. The molecule has 4 rings (SSSR count). The quantitative estimate of drug-likeness (QED) is 0.568. The van der Waals surface area contributed by atoms with Gasteiger partial charge in [0.1, 0.15) is 5.69 Å². The fraction of sp³-hybridized carbons (Fsp3) is 0.294. The second-order valence-electron chi connectivity index (χ2n) is 6.48. The molecule has 0 saturated carbocycles. The lowest BCUT2D eigenvalue weighted by molar-refractivity contribution is -0.141. The van der Waals surface area contributed by atoms with Crippen LogP contribution in [0.2, 0.25) is 5.02 Å². The van der Waals surface area contributed by atoms with Gasteiger partial charge in [0.05, 0.1) is 34.7 Å². The molecule has 1 aliphatic rings. The van der Waals surface area contributed by atoms with Gasteiger partial charge in [0.15, 0.2) is 11.5 Å². The molecule has 0 aliphatic carbocycles. The zero-order valence-electron chi connectivity index (χ0n) is 15.2. The van der Waals surface area contributed by atoms with E-state index in [0.717, 1.165) is 24.7 Å². The Morgan fingerprint density at radius 3 is 2.60 bits per heavy atom. The molecule has 8 nitrogen and oxygen atoms in total. The number of amides is 1. The predicted molar refractivity (Wildman–Crippen MR) is 94.3 cm³/mol. The first-order valence-corrected chi connectivity index (χ1v) is 9.01. The van der Waals surface area contributed by atoms with Crippen LogP contribution in [0.15, 0.2) is 24.7 Å². The van der Waals surface area contributed by atoms with Crippen molar-refractivity contribution in [2.45, 2.75) is 25.6 Å². The van der Waals surface area contributed by atoms with E-state index in [1.54, 1.807) is 6.92 Å². The summed E-state index contributed by atoms with van der Waals surface area (Å²) in [6.07, 6.45) is -1.63. The third-order valence-corrected chi connectivity index (χ3v) is 5.07. The molecule has 0 saturated heterocycles. The van der Waals surface area contributed by atoms with Crippen LogP contribution in [0.4, 0.5) is 17.6 Å². The van der Waals surface area contributed by atoms with E-state index in [9.17, 15) is 22.4 Å². The summed E-state index contributed by atoms with van der Waals surface area (Å²) in [5, 5.41) is 7.28. The highest BCUT2D eigenvalue weighted by molar-refractivity contribution is 6.34. The Bertz CT molecular complexity index is 1120. The standard InChI is InChI=1S/C17H12ClF4N7O/c1-8-13-11(29(27-26-13)16-24-6-9(19)7-25-16)3-5-28(8)15(30)10-2-4-23-14(12(10)18)17(20,21)22/h2,4,6-8H,3,5H2,1H3. The van der Waals surface area contributed by atoms with Crippen LogP contribution in [0.1, 0.15) is 40.4 Å². The third-order valence-electron chi connectivity index (χ3n) is 4.69. The van der Waals surface area contributed by atoms with E-state index in [2.05, 4.69) is 25.3 Å². The summed E-state index contributed by atoms with van der Waals surface area (Å²) in [5.74, 6) is -1.17. The first kappa shape index (κ1) is 20.1. The van der Waals surface area contributed by atoms with Crippen molar-refractivity contribution in [3.05, 3.63) is 58.1 Å². The fourth-order valence-corrected chi connectivity index (χ4v) is 3.55. The lowest BCUT2D eigenvalue weighted by atomic mass is 10.0. The highest BCUT2D eigenvalue weighted by atomic mass is 35.5. The summed E-state index contributed by atoms with van der Waals surface area (Å²) in [6.45, 7) is 1.84. The Morgan fingerprint density at radius 2 is 1.93 bits per heavy atom. The summed E-state index contributed by atoms with van der Waals surface area (Å²) in [5.41, 5.74) is -0.568. The molecule has 0 spiro atoms. The number of carbonyl (C=O) groups is 1. The van der Waals surface area contributed by atoms with Crippen LogP contribution < -0.4 is 0 Å². The largest absolute Gasteiger partial charge is 0.434 e. The molecule has 30 heavy (non-hydrogen) atoms. The van der Waals surface area contributed by atoms with Crippen LogP contribution in [0.3, 0.4) is 0 Å². The summed E-state index contributed by atoms with van der Waals surface area (Å²) < 4.78 is 53.6. The van der Waals surface area contributed by atoms with Gasteiger partial charge in [0.2, 0.25) is 0 Å². The minimum Gasteiger partial charge on any atom is -0.330 e. The van der Waals surface area contributed by atoms with Crippen molar-refractivity contribution >= 4 is 17.5 Å². The van der Waals surface area contributed by atoms with Crippen molar-refractivity contribution in [1.82, 2.24) is 34.8 Å². The number of hydrogen-bond donors (Lipinski definition) is 0. The molecule has 3 aromatic heterocycles. The molecule has 0 aromatic carbocycles. The molecule has 3 aromatic rings. The molecule has 1 aliphatic heterocycles. The Hall–Kier alpha value is -3.15. The van der Waals surface area contributed by atoms with Crippen LogP contribution in [0.25, 0.3) is 5.95 Å². The number of alkyl halides is 3. The number of pyridine rings is 1. The number of halogens is 5. The van der Waals surface area contributed by atoms with Crippen molar-refractivity contribution in [2.24, 2.45) is 0 Å². The maximum Gasteiger partial charge on any atom is 0.434 e. The Balaban J connectivity index is 1.66. The molecule has 0 radical (unpaired) electrons. The van der Waals surface area contributed by atoms with Crippen LogP contribution in [0, 0.1) is 5.82 Å². The zero-order chi connectivity index (χ0) is 21.6. The number of hydrogen-bond acceptors (Lipinski definition) is 6. The van der Waals surface area contributed by atoms with Gasteiger partial charge in [-0.1, -0.05) is 16.8 Å². The summed E-state index contributed by atoms with van der Waals surface area (Å²) >= 11 is 5.84. The van der Waals surface area contributed by atoms with Crippen molar-refractivity contribution in [1.29, 1.82) is 0 Å². The van der Waals surface area contributed by atoms with E-state index in [0.29, 0.717) is 11.4 Å². The maximum absolute atomic E-state index is 13.1. The monoisotopic (exact) mass is 441 g/mol. The molecule has 13 heteroatoms. The van der Waals surface area contributed by atoms with E-state index in [1.165, 1.54) is 9.58 Å². The molecule has 0 fully saturated rings. The number of fused-ring (bicyclic) bond motifs is 1. The van der Waals surface area contributed by atoms with Crippen LogP contribution in [-0.2, 0) is 12.6 Å². The highest BCUT2D eigenvalue weighted by Gasteiger charge is 2.39. The molecule has 4 heterocycles. The lowest BCUT2D eigenvalue weighted by Gasteiger charge is -2.32. The van der Waals surface area contributed by atoms with Gasteiger partial charge < -0.3 is 4.90 Å². The molecule has 0 N–H and O–H groups in total. The van der Waals surface area contributed by atoms with Crippen molar-refractivity contribution in [3.63, 3.8) is 0 Å². The van der Waals surface area contributed by atoms with E-state index in [-0.39, 0.29) is 24.5 Å². The normalized spacial score (nSPS) is 16.5. The second kappa shape index (κ2) is 7.27. The van der Waals surface area contributed by atoms with Gasteiger partial charge in [0.25, 0.3) is 11.9 Å². The van der Waals surface area contributed by atoms with E-state index in [1.807, 2.05) is 0 Å². The van der Waals surface area contributed by atoms with E-state index < -0.39 is 34.7 Å². The molecular weight excluding hydrogens is 430 g/mol. The summed E-state index contributed by atoms with van der Waals surface area (Å²) in [6, 6.07) is 0.541. The smallest absolute Gasteiger partial charge is 0.330 e. The van der Waals surface area contributed by atoms with Gasteiger partial charge in [-0.3, -0.25) is 9.78 Å². The summed E-state index contributed by atoms with van der Waals surface area (Å²) in [4.78, 5) is 25.3. The Kier molecular flexibility index (Phi) is 4.88. The van der Waals surface area contributed by atoms with E-state index in [4.69, 9.17) is 11.6 Å². The zero-order valence-corrected chi connectivity index (χ0v) is 16.0. The number of aromatic nitrogens is 6. The molecule has 1 atom stereocenters.